The van der Waals surface area contributed by atoms with E-state index in [-0.39, 0.29) is 18.3 Å². The standard InChI is InChI=1S/C9H12N6O.ClH/c10-3-1-2-6(16)15-9-7-8(12-4-11-7)13-5-14-9;/h4-5H,1-3,10H2,(H2,11,12,13,14,15,16);1H. The first-order valence-corrected chi connectivity index (χ1v) is 4.95. The van der Waals surface area contributed by atoms with Crippen LogP contribution in [0.5, 0.6) is 0 Å². The predicted molar refractivity (Wildman–Crippen MR) is 65.8 cm³/mol. The Labute approximate surface area is 104 Å². The molecule has 0 aliphatic carbocycles. The van der Waals surface area contributed by atoms with Crippen LogP contribution in [0.2, 0.25) is 0 Å². The molecule has 7 nitrogen and oxygen atoms in total. The summed E-state index contributed by atoms with van der Waals surface area (Å²) in [4.78, 5) is 26.2. The van der Waals surface area contributed by atoms with E-state index < -0.39 is 0 Å². The van der Waals surface area contributed by atoms with Crippen LogP contribution >= 0.6 is 12.4 Å². The fourth-order valence-electron chi connectivity index (χ4n) is 1.32. The van der Waals surface area contributed by atoms with Crippen molar-refractivity contribution in [2.75, 3.05) is 11.9 Å². The molecule has 2 aromatic heterocycles. The number of carbonyl (C=O) groups is 1. The number of rotatable bonds is 4. The van der Waals surface area contributed by atoms with Gasteiger partial charge in [-0.25, -0.2) is 15.0 Å². The summed E-state index contributed by atoms with van der Waals surface area (Å²) in [7, 11) is 0. The monoisotopic (exact) mass is 256 g/mol. The number of hydrogen-bond donors (Lipinski definition) is 3. The minimum Gasteiger partial charge on any atom is -0.340 e. The molecule has 92 valence electrons. The Hall–Kier alpha value is -1.73. The van der Waals surface area contributed by atoms with Crippen LogP contribution in [0.4, 0.5) is 5.82 Å². The lowest BCUT2D eigenvalue weighted by molar-refractivity contribution is -0.116. The molecule has 2 aromatic rings. The third-order valence-electron chi connectivity index (χ3n) is 2.09. The fourth-order valence-corrected chi connectivity index (χ4v) is 1.32. The molecule has 2 rings (SSSR count). The highest BCUT2D eigenvalue weighted by Crippen LogP contribution is 2.14. The number of hydrogen-bond acceptors (Lipinski definition) is 5. The third kappa shape index (κ3) is 3.11. The molecule has 0 spiro atoms. The number of fused-ring (bicyclic) bond motifs is 1. The number of nitrogens with two attached hydrogens (primary N) is 1. The van der Waals surface area contributed by atoms with Crippen LogP contribution in [0, 0.1) is 0 Å². The normalized spacial score (nSPS) is 9.94. The number of nitrogens with zero attached hydrogens (tertiary/aromatic N) is 3. The number of carbonyl (C=O) groups excluding carboxylic acids is 1. The lowest BCUT2D eigenvalue weighted by Crippen LogP contribution is -2.14. The van der Waals surface area contributed by atoms with Gasteiger partial charge in [-0.3, -0.25) is 4.79 Å². The average Bonchev–Trinajstić information content (AvgIpc) is 2.75. The molecule has 0 saturated heterocycles. The molecule has 0 saturated carbocycles. The number of imidazole rings is 1. The molecule has 1 amide bonds. The van der Waals surface area contributed by atoms with Gasteiger partial charge in [-0.2, -0.15) is 0 Å². The summed E-state index contributed by atoms with van der Waals surface area (Å²) < 4.78 is 0. The van der Waals surface area contributed by atoms with Gasteiger partial charge in [-0.05, 0) is 13.0 Å². The Morgan fingerprint density at radius 1 is 1.41 bits per heavy atom. The van der Waals surface area contributed by atoms with Gasteiger partial charge in [-0.15, -0.1) is 12.4 Å². The van der Waals surface area contributed by atoms with E-state index in [2.05, 4.69) is 25.3 Å². The Bertz CT molecular complexity index is 499. The van der Waals surface area contributed by atoms with Crippen LogP contribution in [-0.4, -0.2) is 32.4 Å². The number of halogens is 1. The zero-order chi connectivity index (χ0) is 11.4. The maximum absolute atomic E-state index is 11.5. The van der Waals surface area contributed by atoms with Gasteiger partial charge < -0.3 is 16.0 Å². The first-order valence-electron chi connectivity index (χ1n) is 4.95. The summed E-state index contributed by atoms with van der Waals surface area (Å²) in [6, 6.07) is 0. The van der Waals surface area contributed by atoms with Gasteiger partial charge in [0.15, 0.2) is 11.5 Å². The van der Waals surface area contributed by atoms with E-state index in [1.807, 2.05) is 0 Å². The van der Waals surface area contributed by atoms with Crippen molar-refractivity contribution in [3.63, 3.8) is 0 Å². The van der Waals surface area contributed by atoms with Gasteiger partial charge in [0.05, 0.1) is 6.33 Å². The highest BCUT2D eigenvalue weighted by atomic mass is 35.5. The lowest BCUT2D eigenvalue weighted by atomic mass is 10.3. The van der Waals surface area contributed by atoms with Gasteiger partial charge in [-0.1, -0.05) is 0 Å². The maximum Gasteiger partial charge on any atom is 0.225 e. The van der Waals surface area contributed by atoms with E-state index in [0.717, 1.165) is 0 Å². The number of aromatic nitrogens is 4. The van der Waals surface area contributed by atoms with Crippen LogP contribution in [0.25, 0.3) is 11.2 Å². The van der Waals surface area contributed by atoms with Crippen LogP contribution < -0.4 is 11.1 Å². The highest BCUT2D eigenvalue weighted by molar-refractivity contribution is 5.96. The van der Waals surface area contributed by atoms with Gasteiger partial charge in [0.2, 0.25) is 5.91 Å². The van der Waals surface area contributed by atoms with Crippen LogP contribution in [0.15, 0.2) is 12.7 Å². The molecule has 0 aliphatic rings. The summed E-state index contributed by atoms with van der Waals surface area (Å²) in [6.45, 7) is 0.497. The summed E-state index contributed by atoms with van der Waals surface area (Å²) in [5.74, 6) is 0.338. The van der Waals surface area contributed by atoms with E-state index in [1.165, 1.54) is 12.7 Å². The van der Waals surface area contributed by atoms with Gasteiger partial charge in [0, 0.05) is 6.42 Å². The number of anilines is 1. The minimum atomic E-state index is -0.111. The topological polar surface area (TPSA) is 110 Å². The van der Waals surface area contributed by atoms with Crippen molar-refractivity contribution < 1.29 is 4.79 Å². The molecule has 4 N–H and O–H groups in total. The second-order valence-electron chi connectivity index (χ2n) is 3.26. The lowest BCUT2D eigenvalue weighted by Gasteiger charge is -2.03. The van der Waals surface area contributed by atoms with Gasteiger partial charge >= 0.3 is 0 Å². The Morgan fingerprint density at radius 3 is 3.00 bits per heavy atom. The maximum atomic E-state index is 11.5. The first-order chi connectivity index (χ1) is 7.81. The molecule has 8 heteroatoms. The Morgan fingerprint density at radius 2 is 2.24 bits per heavy atom. The van der Waals surface area contributed by atoms with E-state index in [4.69, 9.17) is 5.73 Å². The zero-order valence-corrected chi connectivity index (χ0v) is 9.83. The molecular formula is C9H13ClN6O. The van der Waals surface area contributed by atoms with Crippen LogP contribution in [0.3, 0.4) is 0 Å². The summed E-state index contributed by atoms with van der Waals surface area (Å²) in [6.07, 6.45) is 3.91. The molecule has 17 heavy (non-hydrogen) atoms. The van der Waals surface area contributed by atoms with E-state index in [1.54, 1.807) is 0 Å². The first kappa shape index (κ1) is 13.3. The van der Waals surface area contributed by atoms with E-state index >= 15 is 0 Å². The van der Waals surface area contributed by atoms with Crippen molar-refractivity contribution in [3.8, 4) is 0 Å². The number of amides is 1. The number of H-pyrrole nitrogens is 1. The Balaban J connectivity index is 0.00000144. The fraction of sp³-hybridized carbons (Fsp3) is 0.333. The number of nitrogens with one attached hydrogen (secondary N) is 2. The third-order valence-corrected chi connectivity index (χ3v) is 2.09. The SMILES string of the molecule is Cl.NCCCC(=O)Nc1ncnc2nc[nH]c12. The van der Waals surface area contributed by atoms with Crippen molar-refractivity contribution >= 4 is 35.3 Å². The molecule has 0 radical (unpaired) electrons. The largest absolute Gasteiger partial charge is 0.340 e. The van der Waals surface area contributed by atoms with Crippen molar-refractivity contribution in [2.24, 2.45) is 5.73 Å². The van der Waals surface area contributed by atoms with Crippen molar-refractivity contribution in [1.29, 1.82) is 0 Å². The molecule has 0 aliphatic heterocycles. The van der Waals surface area contributed by atoms with Crippen LogP contribution in [0.1, 0.15) is 12.8 Å². The van der Waals surface area contributed by atoms with Crippen molar-refractivity contribution in [1.82, 2.24) is 19.9 Å². The smallest absolute Gasteiger partial charge is 0.225 e. The second-order valence-corrected chi connectivity index (χ2v) is 3.26. The molecule has 0 unspecified atom stereocenters. The molecule has 0 fully saturated rings. The van der Waals surface area contributed by atoms with E-state index in [9.17, 15) is 4.79 Å². The van der Waals surface area contributed by atoms with Crippen molar-refractivity contribution in [3.05, 3.63) is 12.7 Å². The van der Waals surface area contributed by atoms with Gasteiger partial charge in [0.1, 0.15) is 11.8 Å². The minimum absolute atomic E-state index is 0. The Kier molecular flexibility index (Phi) is 4.80. The summed E-state index contributed by atoms with van der Waals surface area (Å²) >= 11 is 0. The molecule has 0 bridgehead atoms. The second kappa shape index (κ2) is 6.12. The van der Waals surface area contributed by atoms with Crippen LogP contribution in [-0.2, 0) is 4.79 Å². The average molecular weight is 257 g/mol. The molecule has 2 heterocycles. The quantitative estimate of drug-likeness (QED) is 0.736. The molecule has 0 atom stereocenters. The van der Waals surface area contributed by atoms with Gasteiger partial charge in [0.25, 0.3) is 0 Å². The predicted octanol–water partition coefficient (Wildman–Crippen LogP) is 0.452. The summed E-state index contributed by atoms with van der Waals surface area (Å²) in [5.41, 5.74) is 6.48. The molecule has 0 aromatic carbocycles. The molecular weight excluding hydrogens is 244 g/mol. The van der Waals surface area contributed by atoms with E-state index in [0.29, 0.717) is 36.4 Å². The zero-order valence-electron chi connectivity index (χ0n) is 9.01. The highest BCUT2D eigenvalue weighted by Gasteiger charge is 2.08. The summed E-state index contributed by atoms with van der Waals surface area (Å²) in [5, 5.41) is 2.69. The number of aromatic amines is 1. The van der Waals surface area contributed by atoms with Crippen molar-refractivity contribution in [2.45, 2.75) is 12.8 Å².